The molecule has 0 fully saturated rings. The van der Waals surface area contributed by atoms with E-state index in [0.717, 1.165) is 24.8 Å². The van der Waals surface area contributed by atoms with Crippen molar-refractivity contribution < 1.29 is 9.53 Å². The van der Waals surface area contributed by atoms with Crippen molar-refractivity contribution in [1.29, 1.82) is 0 Å². The van der Waals surface area contributed by atoms with Crippen LogP contribution in [-0.4, -0.2) is 34.1 Å². The van der Waals surface area contributed by atoms with E-state index >= 15 is 0 Å². The molecule has 3 unspecified atom stereocenters. The van der Waals surface area contributed by atoms with Crippen LogP contribution in [0.5, 0.6) is 0 Å². The zero-order valence-electron chi connectivity index (χ0n) is 15.1. The van der Waals surface area contributed by atoms with Gasteiger partial charge in [0.2, 0.25) is 0 Å². The van der Waals surface area contributed by atoms with E-state index < -0.39 is 0 Å². The number of hydrogen-bond donors (Lipinski definition) is 0. The molecule has 1 aromatic heterocycles. The maximum atomic E-state index is 12.2. The molecule has 3 aliphatic heterocycles. The van der Waals surface area contributed by atoms with Crippen molar-refractivity contribution in [3.8, 4) is 0 Å². The summed E-state index contributed by atoms with van der Waals surface area (Å²) in [5, 5.41) is 1.37. The minimum absolute atomic E-state index is 0.0870. The number of fused-ring (bicyclic) bond motifs is 7. The molecule has 0 N–H and O–H groups in total. The van der Waals surface area contributed by atoms with E-state index in [1.54, 1.807) is 0 Å². The van der Waals surface area contributed by atoms with Crippen molar-refractivity contribution in [2.75, 3.05) is 6.61 Å². The molecule has 0 aliphatic carbocycles. The lowest BCUT2D eigenvalue weighted by molar-refractivity contribution is -0.136. The maximum absolute atomic E-state index is 12.2. The first kappa shape index (κ1) is 15.2. The van der Waals surface area contributed by atoms with E-state index in [0.29, 0.717) is 18.7 Å². The van der Waals surface area contributed by atoms with Gasteiger partial charge in [0, 0.05) is 47.7 Å². The van der Waals surface area contributed by atoms with Gasteiger partial charge in [-0.2, -0.15) is 0 Å². The Kier molecular flexibility index (Phi) is 3.17. The van der Waals surface area contributed by atoms with Gasteiger partial charge in [-0.1, -0.05) is 25.1 Å². The van der Waals surface area contributed by atoms with Gasteiger partial charge in [0.15, 0.2) is 0 Å². The number of para-hydroxylation sites is 1. The van der Waals surface area contributed by atoms with Crippen LogP contribution >= 0.6 is 0 Å². The number of aromatic nitrogens is 1. The van der Waals surface area contributed by atoms with Gasteiger partial charge in [-0.15, -0.1) is 0 Å². The molecule has 4 nitrogen and oxygen atoms in total. The summed E-state index contributed by atoms with van der Waals surface area (Å²) >= 11 is 0. The highest BCUT2D eigenvalue weighted by Gasteiger charge is 2.48. The Morgan fingerprint density at radius 3 is 2.84 bits per heavy atom. The standard InChI is InChI=1S/C21H24N2O2/c1-4-12(2)23-18-9-14-13-7-5-6-8-17(13)22(3)20(14)19(23)10-15-16(18)11-25-21(15)24/h5-8,12,18-19H,4,9-11H2,1-3H3. The van der Waals surface area contributed by atoms with Crippen LogP contribution in [0.3, 0.4) is 0 Å². The lowest BCUT2D eigenvalue weighted by Crippen LogP contribution is -2.52. The number of hydrogen-bond acceptors (Lipinski definition) is 3. The van der Waals surface area contributed by atoms with Crippen molar-refractivity contribution in [1.82, 2.24) is 9.47 Å². The van der Waals surface area contributed by atoms with E-state index in [2.05, 4.69) is 54.6 Å². The van der Waals surface area contributed by atoms with Crippen molar-refractivity contribution in [3.05, 3.63) is 46.7 Å². The minimum Gasteiger partial charge on any atom is -0.458 e. The lowest BCUT2D eigenvalue weighted by Gasteiger charge is -2.49. The van der Waals surface area contributed by atoms with Gasteiger partial charge in [-0.25, -0.2) is 4.79 Å². The molecule has 0 amide bonds. The summed E-state index contributed by atoms with van der Waals surface area (Å²) in [4.78, 5) is 14.9. The van der Waals surface area contributed by atoms with Gasteiger partial charge in [-0.05, 0) is 37.0 Å². The number of ether oxygens (including phenoxy) is 1. The molecule has 3 aliphatic rings. The number of carbonyl (C=O) groups excluding carboxylic acids is 1. The number of cyclic esters (lactones) is 1. The van der Waals surface area contributed by atoms with Gasteiger partial charge >= 0.3 is 5.97 Å². The van der Waals surface area contributed by atoms with Crippen LogP contribution in [-0.2, 0) is 23.0 Å². The largest absolute Gasteiger partial charge is 0.458 e. The van der Waals surface area contributed by atoms with Crippen molar-refractivity contribution in [2.24, 2.45) is 7.05 Å². The molecule has 130 valence electrons. The summed E-state index contributed by atoms with van der Waals surface area (Å²) in [5.41, 5.74) is 6.35. The van der Waals surface area contributed by atoms with Crippen LogP contribution in [0, 0.1) is 0 Å². The normalized spacial score (nSPS) is 26.6. The zero-order valence-corrected chi connectivity index (χ0v) is 15.1. The molecule has 0 saturated carbocycles. The molecule has 0 saturated heterocycles. The smallest absolute Gasteiger partial charge is 0.334 e. The van der Waals surface area contributed by atoms with E-state index in [4.69, 9.17) is 4.74 Å². The Balaban J connectivity index is 1.75. The van der Waals surface area contributed by atoms with Gasteiger partial charge in [0.25, 0.3) is 0 Å². The lowest BCUT2D eigenvalue weighted by atomic mass is 9.78. The molecule has 5 rings (SSSR count). The Morgan fingerprint density at radius 1 is 1.24 bits per heavy atom. The second-order valence-electron chi connectivity index (χ2n) is 7.66. The second kappa shape index (κ2) is 5.21. The Morgan fingerprint density at radius 2 is 2.04 bits per heavy atom. The molecule has 2 bridgehead atoms. The quantitative estimate of drug-likeness (QED) is 0.787. The van der Waals surface area contributed by atoms with Crippen molar-refractivity contribution >= 4 is 16.9 Å². The Labute approximate surface area is 148 Å². The number of rotatable bonds is 2. The predicted octanol–water partition coefficient (Wildman–Crippen LogP) is 3.50. The van der Waals surface area contributed by atoms with Crippen molar-refractivity contribution in [3.63, 3.8) is 0 Å². The fraction of sp³-hybridized carbons (Fsp3) is 0.476. The summed E-state index contributed by atoms with van der Waals surface area (Å²) < 4.78 is 7.77. The molecular weight excluding hydrogens is 312 g/mol. The van der Waals surface area contributed by atoms with Crippen molar-refractivity contribution in [2.45, 2.75) is 51.2 Å². The van der Waals surface area contributed by atoms with Gasteiger partial charge < -0.3 is 9.30 Å². The van der Waals surface area contributed by atoms with Crippen LogP contribution in [0.15, 0.2) is 35.4 Å². The molecule has 25 heavy (non-hydrogen) atoms. The molecular formula is C21H24N2O2. The van der Waals surface area contributed by atoms with Crippen LogP contribution in [0.4, 0.5) is 0 Å². The summed E-state index contributed by atoms with van der Waals surface area (Å²) in [5.74, 6) is -0.0870. The minimum atomic E-state index is -0.0870. The first-order valence-corrected chi connectivity index (χ1v) is 9.34. The maximum Gasteiger partial charge on any atom is 0.334 e. The summed E-state index contributed by atoms with van der Waals surface area (Å²) in [6.45, 7) is 5.05. The van der Waals surface area contributed by atoms with E-state index in [1.165, 1.54) is 27.7 Å². The molecule has 1 aromatic carbocycles. The molecule has 0 spiro atoms. The number of nitrogens with zero attached hydrogens (tertiary/aromatic N) is 2. The fourth-order valence-corrected chi connectivity index (χ4v) is 5.27. The van der Waals surface area contributed by atoms with E-state index in [-0.39, 0.29) is 12.0 Å². The monoisotopic (exact) mass is 336 g/mol. The van der Waals surface area contributed by atoms with Gasteiger partial charge in [-0.3, -0.25) is 4.90 Å². The SMILES string of the molecule is CCC(C)N1C2Cc3c(n(C)c4ccccc34)C1CC1=C2COC1=O. The van der Waals surface area contributed by atoms with E-state index in [9.17, 15) is 4.79 Å². The number of aryl methyl sites for hydroxylation is 1. The van der Waals surface area contributed by atoms with Crippen LogP contribution in [0.2, 0.25) is 0 Å². The average molecular weight is 336 g/mol. The van der Waals surface area contributed by atoms with E-state index in [1.807, 2.05) is 0 Å². The first-order chi connectivity index (χ1) is 12.1. The number of carbonyl (C=O) groups is 1. The Bertz CT molecular complexity index is 923. The molecule has 4 heterocycles. The molecule has 0 radical (unpaired) electrons. The third-order valence-corrected chi connectivity index (χ3v) is 6.59. The fourth-order valence-electron chi connectivity index (χ4n) is 5.27. The summed E-state index contributed by atoms with van der Waals surface area (Å²) in [7, 11) is 2.17. The molecule has 3 atom stereocenters. The molecule has 2 aromatic rings. The number of benzene rings is 1. The topological polar surface area (TPSA) is 34.5 Å². The predicted molar refractivity (Wildman–Crippen MR) is 97.3 cm³/mol. The van der Waals surface area contributed by atoms with Gasteiger partial charge in [0.1, 0.15) is 6.61 Å². The zero-order chi connectivity index (χ0) is 17.3. The van der Waals surface area contributed by atoms with Crippen LogP contribution in [0.25, 0.3) is 10.9 Å². The third-order valence-electron chi connectivity index (χ3n) is 6.59. The summed E-state index contributed by atoms with van der Waals surface area (Å²) in [6.07, 6.45) is 2.88. The highest BCUT2D eigenvalue weighted by molar-refractivity contribution is 5.93. The highest BCUT2D eigenvalue weighted by atomic mass is 16.5. The molecule has 4 heteroatoms. The van der Waals surface area contributed by atoms with Crippen LogP contribution < -0.4 is 0 Å². The number of esters is 1. The van der Waals surface area contributed by atoms with Gasteiger partial charge in [0.05, 0.1) is 6.04 Å². The third kappa shape index (κ3) is 1.89. The van der Waals surface area contributed by atoms with Crippen LogP contribution in [0.1, 0.15) is 44.0 Å². The first-order valence-electron chi connectivity index (χ1n) is 9.34. The highest BCUT2D eigenvalue weighted by Crippen LogP contribution is 2.49. The average Bonchev–Trinajstić information content (AvgIpc) is 3.13. The second-order valence-corrected chi connectivity index (χ2v) is 7.66. The summed E-state index contributed by atoms with van der Waals surface area (Å²) in [6, 6.07) is 9.76. The Hall–Kier alpha value is -2.07.